The van der Waals surface area contributed by atoms with Gasteiger partial charge < -0.3 is 5.32 Å². The van der Waals surface area contributed by atoms with Crippen LogP contribution in [0.3, 0.4) is 0 Å². The van der Waals surface area contributed by atoms with Gasteiger partial charge in [-0.1, -0.05) is 51.1 Å². The largest absolute Gasteiger partial charge is 0.414 e. The topological polar surface area (TPSA) is 140 Å². The SMILES string of the molecule is CSc1cccc(NC(=O)N(Cc2ccc(C(=O)[NH+]=C(N)/N=N\N)cc2)c2ccc(C(C)(C)C)cc2)c1. The average molecular weight is 519 g/mol. The number of hydrogen-bond acceptors (Lipinski definition) is 4. The molecule has 3 aromatic rings. The van der Waals surface area contributed by atoms with Crippen LogP contribution in [-0.2, 0) is 12.0 Å². The maximum atomic E-state index is 13.5. The highest BCUT2D eigenvalue weighted by atomic mass is 32.2. The number of carbonyl (C=O) groups excluding carboxylic acids is 2. The van der Waals surface area contributed by atoms with Gasteiger partial charge in [-0.25, -0.2) is 9.79 Å². The van der Waals surface area contributed by atoms with E-state index in [9.17, 15) is 9.59 Å². The van der Waals surface area contributed by atoms with E-state index in [2.05, 4.69) is 41.4 Å². The van der Waals surface area contributed by atoms with Crippen molar-refractivity contribution in [2.45, 2.75) is 37.6 Å². The summed E-state index contributed by atoms with van der Waals surface area (Å²) in [6.07, 6.45) is 1.99. The van der Waals surface area contributed by atoms with Crippen LogP contribution in [0.1, 0.15) is 42.3 Å². The van der Waals surface area contributed by atoms with Crippen molar-refractivity contribution < 1.29 is 14.6 Å². The van der Waals surface area contributed by atoms with Gasteiger partial charge in [0.2, 0.25) is 0 Å². The molecular formula is C27H32N7O2S+. The average Bonchev–Trinajstić information content (AvgIpc) is 2.87. The summed E-state index contributed by atoms with van der Waals surface area (Å²) >= 11 is 1.61. The lowest BCUT2D eigenvalue weighted by Gasteiger charge is -2.25. The van der Waals surface area contributed by atoms with Crippen molar-refractivity contribution in [2.75, 3.05) is 16.5 Å². The monoisotopic (exact) mass is 518 g/mol. The van der Waals surface area contributed by atoms with Crippen molar-refractivity contribution in [3.63, 3.8) is 0 Å². The summed E-state index contributed by atoms with van der Waals surface area (Å²) in [4.78, 5) is 30.9. The third-order valence-corrected chi connectivity index (χ3v) is 6.30. The third-order valence-electron chi connectivity index (χ3n) is 5.58. The standard InChI is InChI=1S/C27H31N7O2S/c1-27(2,3)20-12-14-22(15-13-20)34(26(36)30-21-6-5-7-23(16-21)37-4)17-18-8-10-19(11-9-18)24(35)31-25(28)32-33-29/h5-16H,17H2,1-4H3,(H,30,36)(H4,28,29,31,32,35)/p+1. The Morgan fingerprint density at radius 1 is 1.03 bits per heavy atom. The highest BCUT2D eigenvalue weighted by molar-refractivity contribution is 7.98. The summed E-state index contributed by atoms with van der Waals surface area (Å²) in [5.74, 6) is 4.29. The van der Waals surface area contributed by atoms with Gasteiger partial charge in [0.15, 0.2) is 0 Å². The lowest BCUT2D eigenvalue weighted by atomic mass is 9.87. The molecule has 37 heavy (non-hydrogen) atoms. The molecule has 9 nitrogen and oxygen atoms in total. The molecule has 192 valence electrons. The molecule has 0 saturated carbocycles. The quantitative estimate of drug-likeness (QED) is 0.0981. The predicted octanol–water partition coefficient (Wildman–Crippen LogP) is 3.81. The molecule has 0 aromatic heterocycles. The molecule has 0 aliphatic rings. The molecule has 0 bridgehead atoms. The fourth-order valence-corrected chi connectivity index (χ4v) is 3.99. The Labute approximate surface area is 221 Å². The van der Waals surface area contributed by atoms with Crippen molar-refractivity contribution >= 4 is 41.0 Å². The summed E-state index contributed by atoms with van der Waals surface area (Å²) in [5, 5.41) is 9.42. The molecular weight excluding hydrogens is 486 g/mol. The Balaban J connectivity index is 1.88. The van der Waals surface area contributed by atoms with E-state index in [1.54, 1.807) is 40.9 Å². The van der Waals surface area contributed by atoms with Crippen molar-refractivity contribution in [1.29, 1.82) is 0 Å². The molecule has 0 spiro atoms. The summed E-state index contributed by atoms with van der Waals surface area (Å²) in [5.41, 5.74) is 9.36. The number of nitrogens with two attached hydrogens (primary N) is 2. The number of hydrogen-bond donors (Lipinski definition) is 4. The Kier molecular flexibility index (Phi) is 9.02. The highest BCUT2D eigenvalue weighted by Gasteiger charge is 2.19. The van der Waals surface area contributed by atoms with Crippen molar-refractivity contribution in [3.05, 3.63) is 89.5 Å². The van der Waals surface area contributed by atoms with Gasteiger partial charge in [0.05, 0.1) is 17.2 Å². The smallest absolute Gasteiger partial charge is 0.307 e. The number of benzene rings is 3. The normalized spacial score (nSPS) is 11.9. The Morgan fingerprint density at radius 3 is 2.30 bits per heavy atom. The minimum Gasteiger partial charge on any atom is -0.307 e. The molecule has 0 aliphatic carbocycles. The number of amides is 3. The first-order valence-electron chi connectivity index (χ1n) is 11.6. The number of urea groups is 1. The molecule has 0 fully saturated rings. The summed E-state index contributed by atoms with van der Waals surface area (Å²) < 4.78 is 0. The molecule has 3 amide bonds. The number of thioether (sulfide) groups is 1. The summed E-state index contributed by atoms with van der Waals surface area (Å²) in [6.45, 7) is 6.73. The van der Waals surface area contributed by atoms with E-state index in [4.69, 9.17) is 11.6 Å². The molecule has 10 heteroatoms. The summed E-state index contributed by atoms with van der Waals surface area (Å²) in [7, 11) is 0. The van der Waals surface area contributed by atoms with Crippen LogP contribution in [-0.4, -0.2) is 24.2 Å². The van der Waals surface area contributed by atoms with Gasteiger partial charge in [0.25, 0.3) is 0 Å². The number of nitrogens with zero attached hydrogens (tertiary/aromatic N) is 3. The maximum absolute atomic E-state index is 13.5. The number of carbonyl (C=O) groups is 2. The van der Waals surface area contributed by atoms with Crippen LogP contribution >= 0.6 is 11.8 Å². The van der Waals surface area contributed by atoms with Gasteiger partial charge in [-0.3, -0.25) is 21.3 Å². The first-order chi connectivity index (χ1) is 17.6. The van der Waals surface area contributed by atoms with Gasteiger partial charge in [0, 0.05) is 21.5 Å². The molecule has 0 unspecified atom stereocenters. The molecule has 3 aromatic carbocycles. The second-order valence-corrected chi connectivity index (χ2v) is 10.2. The van der Waals surface area contributed by atoms with E-state index in [-0.39, 0.29) is 17.4 Å². The number of rotatable bonds is 6. The molecule has 0 atom stereocenters. The third kappa shape index (κ3) is 7.65. The predicted molar refractivity (Wildman–Crippen MR) is 149 cm³/mol. The molecule has 3 rings (SSSR count). The van der Waals surface area contributed by atoms with E-state index < -0.39 is 5.91 Å². The van der Waals surface area contributed by atoms with Crippen LogP contribution in [0.5, 0.6) is 0 Å². The maximum Gasteiger partial charge on any atom is 0.414 e. The number of anilines is 2. The van der Waals surface area contributed by atoms with Gasteiger partial charge >= 0.3 is 17.9 Å². The molecule has 0 radical (unpaired) electrons. The van der Waals surface area contributed by atoms with Crippen LogP contribution in [0, 0.1) is 0 Å². The fourth-order valence-electron chi connectivity index (χ4n) is 3.53. The van der Waals surface area contributed by atoms with Crippen molar-refractivity contribution in [1.82, 2.24) is 0 Å². The van der Waals surface area contributed by atoms with Gasteiger partial charge in [-0.2, -0.15) is 0 Å². The zero-order chi connectivity index (χ0) is 27.0. The van der Waals surface area contributed by atoms with Crippen LogP contribution in [0.2, 0.25) is 0 Å². The van der Waals surface area contributed by atoms with E-state index in [0.717, 1.165) is 16.1 Å². The second-order valence-electron chi connectivity index (χ2n) is 9.30. The van der Waals surface area contributed by atoms with Crippen LogP contribution < -0.4 is 26.8 Å². The van der Waals surface area contributed by atoms with E-state index in [1.807, 2.05) is 54.8 Å². The minimum atomic E-state index is -0.447. The molecule has 0 heterocycles. The second kappa shape index (κ2) is 12.2. The van der Waals surface area contributed by atoms with Crippen molar-refractivity contribution in [2.24, 2.45) is 21.9 Å². The lowest BCUT2D eigenvalue weighted by Crippen LogP contribution is -2.79. The lowest BCUT2D eigenvalue weighted by molar-refractivity contribution is -0.347. The number of guanidine groups is 1. The van der Waals surface area contributed by atoms with E-state index in [1.165, 1.54) is 5.56 Å². The van der Waals surface area contributed by atoms with Crippen molar-refractivity contribution in [3.8, 4) is 0 Å². The number of nitrogens with one attached hydrogen (secondary N) is 2. The Bertz CT molecular complexity index is 1300. The van der Waals surface area contributed by atoms with Gasteiger partial charge in [-0.05, 0) is 65.3 Å². The van der Waals surface area contributed by atoms with Gasteiger partial charge in [0.1, 0.15) is 0 Å². The van der Waals surface area contributed by atoms with Crippen LogP contribution in [0.25, 0.3) is 0 Å². The summed E-state index contributed by atoms with van der Waals surface area (Å²) in [6, 6.07) is 22.3. The minimum absolute atomic E-state index is 0.00731. The van der Waals surface area contributed by atoms with E-state index in [0.29, 0.717) is 17.8 Å². The first kappa shape index (κ1) is 27.4. The molecule has 0 saturated heterocycles. The zero-order valence-corrected chi connectivity index (χ0v) is 22.2. The van der Waals surface area contributed by atoms with Gasteiger partial charge in [-0.15, -0.1) is 11.8 Å². The molecule has 6 N–H and O–H groups in total. The highest BCUT2D eigenvalue weighted by Crippen LogP contribution is 2.27. The zero-order valence-electron chi connectivity index (χ0n) is 21.4. The Hall–Kier alpha value is -4.18. The first-order valence-corrected chi connectivity index (χ1v) is 12.8. The van der Waals surface area contributed by atoms with Crippen LogP contribution in [0.4, 0.5) is 16.2 Å². The Morgan fingerprint density at radius 2 is 1.70 bits per heavy atom. The van der Waals surface area contributed by atoms with Crippen LogP contribution in [0.15, 0.2) is 88.0 Å². The molecule has 0 aliphatic heterocycles. The van der Waals surface area contributed by atoms with E-state index >= 15 is 0 Å². The fraction of sp³-hybridized carbons (Fsp3) is 0.222.